The van der Waals surface area contributed by atoms with Crippen LogP contribution in [-0.2, 0) is 0 Å². The molecule has 0 saturated heterocycles. The molecule has 0 aromatic rings. The predicted octanol–water partition coefficient (Wildman–Crippen LogP) is 3.22. The Balaban J connectivity index is 1.87. The first-order valence-electron chi connectivity index (χ1n) is 6.19. The van der Waals surface area contributed by atoms with Gasteiger partial charge in [0, 0.05) is 0 Å². The standard InChI is InChI=1S/C13H24O/c1-9(13(2,3)14)6-12-8-10-4-5-11(12)7-10/h9-12,14H,4-8H2,1-3H3. The van der Waals surface area contributed by atoms with Crippen LogP contribution in [0.2, 0.25) is 0 Å². The lowest BCUT2D eigenvalue weighted by Crippen LogP contribution is -2.31. The first-order chi connectivity index (χ1) is 6.47. The second-order valence-corrected chi connectivity index (χ2v) is 6.23. The van der Waals surface area contributed by atoms with Gasteiger partial charge in [0.05, 0.1) is 5.60 Å². The van der Waals surface area contributed by atoms with Crippen molar-refractivity contribution in [3.63, 3.8) is 0 Å². The first kappa shape index (κ1) is 10.5. The molecule has 1 nitrogen and oxygen atoms in total. The van der Waals surface area contributed by atoms with Gasteiger partial charge >= 0.3 is 0 Å². The zero-order valence-electron chi connectivity index (χ0n) is 9.79. The van der Waals surface area contributed by atoms with Gasteiger partial charge in [-0.05, 0) is 63.2 Å². The maximum absolute atomic E-state index is 9.92. The number of aliphatic hydroxyl groups is 1. The summed E-state index contributed by atoms with van der Waals surface area (Å²) in [5, 5.41) is 9.92. The molecule has 14 heavy (non-hydrogen) atoms. The van der Waals surface area contributed by atoms with Crippen LogP contribution in [0, 0.1) is 23.7 Å². The molecule has 1 N–H and O–H groups in total. The lowest BCUT2D eigenvalue weighted by atomic mass is 9.78. The minimum absolute atomic E-state index is 0.451. The quantitative estimate of drug-likeness (QED) is 0.735. The number of hydrogen-bond acceptors (Lipinski definition) is 1. The molecule has 0 heterocycles. The molecular formula is C13H24O. The van der Waals surface area contributed by atoms with Gasteiger partial charge in [-0.25, -0.2) is 0 Å². The normalized spacial score (nSPS) is 39.0. The van der Waals surface area contributed by atoms with E-state index in [9.17, 15) is 5.11 Å². The van der Waals surface area contributed by atoms with Crippen LogP contribution >= 0.6 is 0 Å². The van der Waals surface area contributed by atoms with E-state index in [0.717, 1.165) is 17.8 Å². The van der Waals surface area contributed by atoms with Crippen molar-refractivity contribution >= 4 is 0 Å². The molecule has 2 bridgehead atoms. The molecule has 2 aliphatic rings. The van der Waals surface area contributed by atoms with Crippen LogP contribution in [0.3, 0.4) is 0 Å². The lowest BCUT2D eigenvalue weighted by Gasteiger charge is -2.31. The predicted molar refractivity (Wildman–Crippen MR) is 59.0 cm³/mol. The van der Waals surface area contributed by atoms with E-state index in [1.54, 1.807) is 0 Å². The summed E-state index contributed by atoms with van der Waals surface area (Å²) in [5.74, 6) is 3.42. The molecule has 0 aromatic heterocycles. The second kappa shape index (κ2) is 3.52. The van der Waals surface area contributed by atoms with Crippen molar-refractivity contribution in [1.82, 2.24) is 0 Å². The number of hydrogen-bond donors (Lipinski definition) is 1. The number of fused-ring (bicyclic) bond motifs is 2. The molecule has 0 amide bonds. The van der Waals surface area contributed by atoms with Crippen molar-refractivity contribution in [1.29, 1.82) is 0 Å². The maximum Gasteiger partial charge on any atom is 0.0617 e. The van der Waals surface area contributed by atoms with Crippen molar-refractivity contribution in [2.24, 2.45) is 23.7 Å². The highest BCUT2D eigenvalue weighted by Gasteiger charge is 2.40. The average Bonchev–Trinajstić information content (AvgIpc) is 2.62. The molecule has 4 atom stereocenters. The monoisotopic (exact) mass is 196 g/mol. The summed E-state index contributed by atoms with van der Waals surface area (Å²) in [5.41, 5.74) is -0.484. The topological polar surface area (TPSA) is 20.2 Å². The Morgan fingerprint density at radius 2 is 2.00 bits per heavy atom. The van der Waals surface area contributed by atoms with Crippen LogP contribution in [0.25, 0.3) is 0 Å². The lowest BCUT2D eigenvalue weighted by molar-refractivity contribution is 0.0105. The maximum atomic E-state index is 9.92. The molecule has 0 radical (unpaired) electrons. The molecule has 2 saturated carbocycles. The molecule has 4 unspecified atom stereocenters. The molecular weight excluding hydrogens is 172 g/mol. The Kier molecular flexibility index (Phi) is 2.63. The highest BCUT2D eigenvalue weighted by atomic mass is 16.3. The van der Waals surface area contributed by atoms with Crippen molar-refractivity contribution in [2.75, 3.05) is 0 Å². The Hall–Kier alpha value is -0.0400. The highest BCUT2D eigenvalue weighted by molar-refractivity contribution is 4.91. The molecule has 2 fully saturated rings. The van der Waals surface area contributed by atoms with Crippen molar-refractivity contribution < 1.29 is 5.11 Å². The van der Waals surface area contributed by atoms with Gasteiger partial charge < -0.3 is 5.11 Å². The third kappa shape index (κ3) is 1.98. The summed E-state index contributed by atoms with van der Waals surface area (Å²) in [4.78, 5) is 0. The summed E-state index contributed by atoms with van der Waals surface area (Å²) in [6.45, 7) is 6.10. The Bertz CT molecular complexity index is 204. The molecule has 2 rings (SSSR count). The average molecular weight is 196 g/mol. The summed E-state index contributed by atoms with van der Waals surface area (Å²) >= 11 is 0. The summed E-state index contributed by atoms with van der Waals surface area (Å²) in [7, 11) is 0. The molecule has 0 aliphatic heterocycles. The zero-order valence-corrected chi connectivity index (χ0v) is 9.79. The smallest absolute Gasteiger partial charge is 0.0617 e. The fourth-order valence-corrected chi connectivity index (χ4v) is 3.41. The largest absolute Gasteiger partial charge is 0.390 e. The van der Waals surface area contributed by atoms with E-state index in [1.165, 1.54) is 32.1 Å². The Morgan fingerprint density at radius 3 is 2.43 bits per heavy atom. The van der Waals surface area contributed by atoms with Gasteiger partial charge in [0.15, 0.2) is 0 Å². The summed E-state index contributed by atoms with van der Waals surface area (Å²) < 4.78 is 0. The van der Waals surface area contributed by atoms with E-state index < -0.39 is 5.60 Å². The van der Waals surface area contributed by atoms with Crippen molar-refractivity contribution in [2.45, 2.75) is 58.5 Å². The third-order valence-corrected chi connectivity index (χ3v) is 4.75. The van der Waals surface area contributed by atoms with E-state index in [2.05, 4.69) is 6.92 Å². The molecule has 0 aromatic carbocycles. The van der Waals surface area contributed by atoms with Gasteiger partial charge in [-0.3, -0.25) is 0 Å². The minimum Gasteiger partial charge on any atom is -0.390 e. The SMILES string of the molecule is CC(CC1CC2CCC1C2)C(C)(C)O. The van der Waals surface area contributed by atoms with Crippen molar-refractivity contribution in [3.8, 4) is 0 Å². The van der Waals surface area contributed by atoms with E-state index in [1.807, 2.05) is 13.8 Å². The fraction of sp³-hybridized carbons (Fsp3) is 1.00. The van der Waals surface area contributed by atoms with Crippen LogP contribution in [0.1, 0.15) is 52.9 Å². The van der Waals surface area contributed by atoms with Crippen LogP contribution in [0.5, 0.6) is 0 Å². The minimum atomic E-state index is -0.484. The molecule has 82 valence electrons. The summed E-state index contributed by atoms with van der Waals surface area (Å²) in [6.07, 6.45) is 7.13. The van der Waals surface area contributed by atoms with Crippen LogP contribution in [0.4, 0.5) is 0 Å². The van der Waals surface area contributed by atoms with Gasteiger partial charge in [0.1, 0.15) is 0 Å². The van der Waals surface area contributed by atoms with Gasteiger partial charge in [-0.15, -0.1) is 0 Å². The van der Waals surface area contributed by atoms with Crippen LogP contribution in [-0.4, -0.2) is 10.7 Å². The number of rotatable bonds is 3. The Labute approximate surface area is 87.9 Å². The van der Waals surface area contributed by atoms with Crippen molar-refractivity contribution in [3.05, 3.63) is 0 Å². The Morgan fingerprint density at radius 1 is 1.29 bits per heavy atom. The third-order valence-electron chi connectivity index (χ3n) is 4.75. The van der Waals surface area contributed by atoms with Gasteiger partial charge in [0.25, 0.3) is 0 Å². The van der Waals surface area contributed by atoms with Crippen LogP contribution in [0.15, 0.2) is 0 Å². The first-order valence-corrected chi connectivity index (χ1v) is 6.19. The highest BCUT2D eigenvalue weighted by Crippen LogP contribution is 2.50. The van der Waals surface area contributed by atoms with Gasteiger partial charge in [-0.2, -0.15) is 0 Å². The second-order valence-electron chi connectivity index (χ2n) is 6.23. The van der Waals surface area contributed by atoms with E-state index in [0.29, 0.717) is 5.92 Å². The van der Waals surface area contributed by atoms with E-state index in [4.69, 9.17) is 0 Å². The molecule has 1 heteroatoms. The fourth-order valence-electron chi connectivity index (χ4n) is 3.41. The van der Waals surface area contributed by atoms with Gasteiger partial charge in [0.2, 0.25) is 0 Å². The van der Waals surface area contributed by atoms with Crippen LogP contribution < -0.4 is 0 Å². The van der Waals surface area contributed by atoms with E-state index in [-0.39, 0.29) is 0 Å². The zero-order chi connectivity index (χ0) is 10.3. The van der Waals surface area contributed by atoms with E-state index >= 15 is 0 Å². The van der Waals surface area contributed by atoms with Gasteiger partial charge in [-0.1, -0.05) is 13.3 Å². The molecule has 0 spiro atoms. The molecule has 2 aliphatic carbocycles. The summed E-state index contributed by atoms with van der Waals surface area (Å²) in [6, 6.07) is 0.